The minimum absolute atomic E-state index is 0.0909. The van der Waals surface area contributed by atoms with E-state index in [1.807, 2.05) is 0 Å². The number of nitrogens with zero attached hydrogens (tertiary/aromatic N) is 1. The van der Waals surface area contributed by atoms with Gasteiger partial charge in [0, 0.05) is 0 Å². The first-order valence-electron chi connectivity index (χ1n) is 3.77. The predicted molar refractivity (Wildman–Crippen MR) is 47.7 cm³/mol. The third-order valence-electron chi connectivity index (χ3n) is 2.00. The van der Waals surface area contributed by atoms with Crippen LogP contribution in [0.2, 0.25) is 0 Å². The molecule has 0 N–H and O–H groups in total. The molecule has 0 atom stereocenters. The summed E-state index contributed by atoms with van der Waals surface area (Å²) in [6, 6.07) is 6.61. The van der Waals surface area contributed by atoms with Crippen molar-refractivity contribution in [1.29, 1.82) is 0 Å². The quantitative estimate of drug-likeness (QED) is 0.387. The van der Waals surface area contributed by atoms with E-state index in [1.165, 1.54) is 0 Å². The van der Waals surface area contributed by atoms with Gasteiger partial charge in [-0.3, -0.25) is 14.5 Å². The van der Waals surface area contributed by atoms with Gasteiger partial charge in [0.1, 0.15) is 6.00 Å². The number of carbonyl (C=O) groups excluding carboxylic acids is 2. The number of imide groups is 1. The van der Waals surface area contributed by atoms with E-state index in [1.54, 1.807) is 24.3 Å². The van der Waals surface area contributed by atoms with Crippen LogP contribution in [0.5, 0.6) is 0 Å². The number of hydrogen-bond acceptors (Lipinski definition) is 2. The highest BCUT2D eigenvalue weighted by Gasteiger charge is 2.34. The van der Waals surface area contributed by atoms with Gasteiger partial charge in [-0.25, -0.2) is 0 Å². The lowest BCUT2D eigenvalue weighted by atomic mass is 10.1. The highest BCUT2D eigenvalue weighted by molar-refractivity contribution is 6.27. The molecule has 3 nitrogen and oxygen atoms in total. The summed E-state index contributed by atoms with van der Waals surface area (Å²) in [5.74, 6) is -0.619. The van der Waals surface area contributed by atoms with Gasteiger partial charge < -0.3 is 0 Å². The standard InChI is InChI=1S/C9H6ClNO2/c10-5-11-8(12)6-3-1-2-4-7(6)9(11)13/h1-4H,5H2. The van der Waals surface area contributed by atoms with E-state index in [0.717, 1.165) is 4.90 Å². The monoisotopic (exact) mass is 195 g/mol. The van der Waals surface area contributed by atoms with Gasteiger partial charge in [0.2, 0.25) is 0 Å². The van der Waals surface area contributed by atoms with Crippen LogP contribution in [0, 0.1) is 0 Å². The number of amides is 2. The third-order valence-corrected chi connectivity index (χ3v) is 2.24. The van der Waals surface area contributed by atoms with E-state index in [-0.39, 0.29) is 17.8 Å². The molecule has 1 aromatic carbocycles. The van der Waals surface area contributed by atoms with Crippen LogP contribution < -0.4 is 0 Å². The molecule has 2 amide bonds. The van der Waals surface area contributed by atoms with Crippen molar-refractivity contribution in [2.75, 3.05) is 6.00 Å². The minimum Gasteiger partial charge on any atom is -0.269 e. The second kappa shape index (κ2) is 2.85. The van der Waals surface area contributed by atoms with Gasteiger partial charge in [-0.15, -0.1) is 11.6 Å². The molecule has 0 spiro atoms. The summed E-state index contributed by atoms with van der Waals surface area (Å²) < 4.78 is 0. The molecule has 0 fully saturated rings. The molecule has 1 aliphatic rings. The Morgan fingerprint density at radius 2 is 1.54 bits per heavy atom. The highest BCUT2D eigenvalue weighted by atomic mass is 35.5. The number of rotatable bonds is 1. The molecule has 1 heterocycles. The summed E-state index contributed by atoms with van der Waals surface area (Å²) >= 11 is 5.47. The van der Waals surface area contributed by atoms with Crippen molar-refractivity contribution in [2.45, 2.75) is 0 Å². The zero-order chi connectivity index (χ0) is 9.42. The first kappa shape index (κ1) is 8.26. The molecule has 4 heteroatoms. The maximum atomic E-state index is 11.5. The summed E-state index contributed by atoms with van der Waals surface area (Å²) in [7, 11) is 0. The van der Waals surface area contributed by atoms with E-state index in [9.17, 15) is 9.59 Å². The van der Waals surface area contributed by atoms with Gasteiger partial charge in [0.05, 0.1) is 11.1 Å². The fourth-order valence-electron chi connectivity index (χ4n) is 1.35. The van der Waals surface area contributed by atoms with Crippen molar-refractivity contribution >= 4 is 23.4 Å². The van der Waals surface area contributed by atoms with Gasteiger partial charge in [-0.1, -0.05) is 12.1 Å². The van der Waals surface area contributed by atoms with Crippen LogP contribution in [0.4, 0.5) is 0 Å². The Morgan fingerprint density at radius 1 is 1.08 bits per heavy atom. The fraction of sp³-hybridized carbons (Fsp3) is 0.111. The largest absolute Gasteiger partial charge is 0.269 e. The maximum Gasteiger partial charge on any atom is 0.262 e. The lowest BCUT2D eigenvalue weighted by Gasteiger charge is -2.07. The molecule has 0 saturated carbocycles. The molecule has 0 aromatic heterocycles. The van der Waals surface area contributed by atoms with Crippen LogP contribution in [0.25, 0.3) is 0 Å². The number of carbonyl (C=O) groups is 2. The van der Waals surface area contributed by atoms with Gasteiger partial charge in [-0.05, 0) is 12.1 Å². The molecule has 0 radical (unpaired) electrons. The number of fused-ring (bicyclic) bond motifs is 1. The Kier molecular flexibility index (Phi) is 1.81. The summed E-state index contributed by atoms with van der Waals surface area (Å²) in [6.45, 7) is 0. The van der Waals surface area contributed by atoms with Gasteiger partial charge in [-0.2, -0.15) is 0 Å². The van der Waals surface area contributed by atoms with Crippen LogP contribution >= 0.6 is 11.6 Å². The zero-order valence-corrected chi connectivity index (χ0v) is 7.41. The molecule has 2 rings (SSSR count). The third kappa shape index (κ3) is 1.04. The first-order valence-corrected chi connectivity index (χ1v) is 4.30. The van der Waals surface area contributed by atoms with Gasteiger partial charge in [0.25, 0.3) is 11.8 Å². The molecular formula is C9H6ClNO2. The lowest BCUT2D eigenvalue weighted by molar-refractivity contribution is 0.0682. The van der Waals surface area contributed by atoms with Crippen molar-refractivity contribution < 1.29 is 9.59 Å². The van der Waals surface area contributed by atoms with Crippen molar-refractivity contribution in [3.05, 3.63) is 35.4 Å². The number of alkyl halides is 1. The average molecular weight is 196 g/mol. The Balaban J connectivity index is 2.57. The van der Waals surface area contributed by atoms with Crippen LogP contribution in [0.15, 0.2) is 24.3 Å². The molecule has 1 aromatic rings. The Morgan fingerprint density at radius 3 is 1.92 bits per heavy atom. The van der Waals surface area contributed by atoms with Crippen molar-refractivity contribution in [3.8, 4) is 0 Å². The number of benzene rings is 1. The van der Waals surface area contributed by atoms with E-state index < -0.39 is 0 Å². The predicted octanol–water partition coefficient (Wildman–Crippen LogP) is 1.48. The van der Waals surface area contributed by atoms with Crippen LogP contribution in [-0.4, -0.2) is 22.7 Å². The molecule has 0 unspecified atom stereocenters. The number of hydrogen-bond donors (Lipinski definition) is 0. The van der Waals surface area contributed by atoms with Crippen molar-refractivity contribution in [3.63, 3.8) is 0 Å². The van der Waals surface area contributed by atoms with E-state index in [0.29, 0.717) is 11.1 Å². The van der Waals surface area contributed by atoms with Crippen LogP contribution in [0.3, 0.4) is 0 Å². The van der Waals surface area contributed by atoms with Crippen LogP contribution in [0.1, 0.15) is 20.7 Å². The fourth-order valence-corrected chi connectivity index (χ4v) is 1.56. The summed E-state index contributed by atoms with van der Waals surface area (Å²) in [5, 5.41) is 0. The average Bonchev–Trinajstić information content (AvgIpc) is 2.41. The molecule has 66 valence electrons. The minimum atomic E-state index is -0.310. The van der Waals surface area contributed by atoms with E-state index >= 15 is 0 Å². The molecule has 13 heavy (non-hydrogen) atoms. The van der Waals surface area contributed by atoms with Crippen LogP contribution in [-0.2, 0) is 0 Å². The van der Waals surface area contributed by atoms with E-state index in [2.05, 4.69) is 0 Å². The van der Waals surface area contributed by atoms with Gasteiger partial charge in [0.15, 0.2) is 0 Å². The highest BCUT2D eigenvalue weighted by Crippen LogP contribution is 2.22. The number of halogens is 1. The lowest BCUT2D eigenvalue weighted by Crippen LogP contribution is -2.28. The Hall–Kier alpha value is -1.35. The molecule has 0 bridgehead atoms. The second-order valence-electron chi connectivity index (χ2n) is 2.70. The molecule has 1 aliphatic heterocycles. The Bertz CT molecular complexity index is 354. The SMILES string of the molecule is O=C1c2ccccc2C(=O)N1CCl. The van der Waals surface area contributed by atoms with Crippen molar-refractivity contribution in [2.24, 2.45) is 0 Å². The maximum absolute atomic E-state index is 11.5. The van der Waals surface area contributed by atoms with E-state index in [4.69, 9.17) is 11.6 Å². The van der Waals surface area contributed by atoms with Gasteiger partial charge >= 0.3 is 0 Å². The summed E-state index contributed by atoms with van der Waals surface area (Å²) in [5.41, 5.74) is 0.876. The first-order chi connectivity index (χ1) is 6.25. The topological polar surface area (TPSA) is 37.4 Å². The summed E-state index contributed by atoms with van der Waals surface area (Å²) in [4.78, 5) is 23.9. The second-order valence-corrected chi connectivity index (χ2v) is 2.94. The zero-order valence-electron chi connectivity index (χ0n) is 6.66. The van der Waals surface area contributed by atoms with Crippen molar-refractivity contribution in [1.82, 2.24) is 4.90 Å². The smallest absolute Gasteiger partial charge is 0.262 e. The molecular weight excluding hydrogens is 190 g/mol. The Labute approximate surface area is 79.9 Å². The normalized spacial score (nSPS) is 15.0. The summed E-state index contributed by atoms with van der Waals surface area (Å²) in [6.07, 6.45) is 0. The molecule has 0 saturated heterocycles. The molecule has 0 aliphatic carbocycles.